The molecule has 0 saturated carbocycles. The second-order valence-corrected chi connectivity index (χ2v) is 5.26. The van der Waals surface area contributed by atoms with E-state index in [1.54, 1.807) is 6.92 Å². The molecular weight excluding hydrogens is 304 g/mol. The fourth-order valence-corrected chi connectivity index (χ4v) is 2.52. The van der Waals surface area contributed by atoms with Crippen LogP contribution in [0, 0.1) is 6.92 Å². The van der Waals surface area contributed by atoms with E-state index in [0.717, 1.165) is 30.6 Å². The summed E-state index contributed by atoms with van der Waals surface area (Å²) in [7, 11) is 0. The van der Waals surface area contributed by atoms with Crippen LogP contribution in [-0.2, 0) is 4.79 Å². The van der Waals surface area contributed by atoms with Gasteiger partial charge in [0.2, 0.25) is 17.6 Å². The van der Waals surface area contributed by atoms with Crippen LogP contribution in [-0.4, -0.2) is 28.6 Å². The van der Waals surface area contributed by atoms with Crippen molar-refractivity contribution in [1.29, 1.82) is 0 Å². The molecule has 1 aromatic carbocycles. The highest BCUT2D eigenvalue weighted by atomic mass is 35.5. The molecule has 7 heteroatoms. The smallest absolute Gasteiger partial charge is 0.225 e. The summed E-state index contributed by atoms with van der Waals surface area (Å²) < 4.78 is 4.97. The molecule has 0 radical (unpaired) electrons. The SMILES string of the molecule is Cc1nc(-c2cccc(NC(=O)CC3CCCN3)c2)no1.Cl. The van der Waals surface area contributed by atoms with Gasteiger partial charge in [0.1, 0.15) is 0 Å². The first-order chi connectivity index (χ1) is 10.2. The molecule has 118 valence electrons. The van der Waals surface area contributed by atoms with E-state index in [1.165, 1.54) is 0 Å². The molecule has 0 bridgehead atoms. The minimum absolute atomic E-state index is 0. The summed E-state index contributed by atoms with van der Waals surface area (Å²) in [6.45, 7) is 2.75. The molecule has 2 aromatic rings. The standard InChI is InChI=1S/C15H18N4O2.ClH/c1-10-17-15(19-21-10)11-4-2-5-13(8-11)18-14(20)9-12-6-3-7-16-12;/h2,4-5,8,12,16H,3,6-7,9H2,1H3,(H,18,20);1H. The highest BCUT2D eigenvalue weighted by molar-refractivity contribution is 5.91. The van der Waals surface area contributed by atoms with Gasteiger partial charge in [-0.15, -0.1) is 12.4 Å². The number of rotatable bonds is 4. The van der Waals surface area contributed by atoms with E-state index < -0.39 is 0 Å². The van der Waals surface area contributed by atoms with Gasteiger partial charge in [-0.2, -0.15) is 4.98 Å². The number of benzene rings is 1. The number of aromatic nitrogens is 2. The molecular formula is C15H19ClN4O2. The highest BCUT2D eigenvalue weighted by Crippen LogP contribution is 2.20. The van der Waals surface area contributed by atoms with Crippen LogP contribution in [0.1, 0.15) is 25.2 Å². The number of carbonyl (C=O) groups is 1. The van der Waals surface area contributed by atoms with Crippen molar-refractivity contribution in [3.63, 3.8) is 0 Å². The Morgan fingerprint density at radius 3 is 3.05 bits per heavy atom. The molecule has 1 saturated heterocycles. The van der Waals surface area contributed by atoms with Gasteiger partial charge in [-0.1, -0.05) is 17.3 Å². The molecule has 22 heavy (non-hydrogen) atoms. The summed E-state index contributed by atoms with van der Waals surface area (Å²) in [6.07, 6.45) is 2.71. The first kappa shape index (κ1) is 16.5. The number of nitrogens with one attached hydrogen (secondary N) is 2. The van der Waals surface area contributed by atoms with Gasteiger partial charge in [-0.05, 0) is 31.5 Å². The number of aryl methyl sites for hydroxylation is 1. The summed E-state index contributed by atoms with van der Waals surface area (Å²) in [6, 6.07) is 7.76. The van der Waals surface area contributed by atoms with Crippen LogP contribution in [0.5, 0.6) is 0 Å². The lowest BCUT2D eigenvalue weighted by Crippen LogP contribution is -2.27. The van der Waals surface area contributed by atoms with Crippen molar-refractivity contribution >= 4 is 24.0 Å². The van der Waals surface area contributed by atoms with E-state index in [-0.39, 0.29) is 18.3 Å². The third kappa shape index (κ3) is 4.05. The fourth-order valence-electron chi connectivity index (χ4n) is 2.52. The van der Waals surface area contributed by atoms with Crippen LogP contribution in [0.3, 0.4) is 0 Å². The van der Waals surface area contributed by atoms with Crippen molar-refractivity contribution in [2.45, 2.75) is 32.2 Å². The average Bonchev–Trinajstić information content (AvgIpc) is 3.10. The third-order valence-electron chi connectivity index (χ3n) is 3.53. The van der Waals surface area contributed by atoms with Crippen LogP contribution in [0.25, 0.3) is 11.4 Å². The first-order valence-electron chi connectivity index (χ1n) is 7.15. The Bertz CT molecular complexity index is 638. The molecule has 2 heterocycles. The Labute approximate surface area is 135 Å². The maximum Gasteiger partial charge on any atom is 0.225 e. The van der Waals surface area contributed by atoms with Gasteiger partial charge >= 0.3 is 0 Å². The molecule has 1 atom stereocenters. The van der Waals surface area contributed by atoms with Crippen LogP contribution >= 0.6 is 12.4 Å². The topological polar surface area (TPSA) is 80.0 Å². The normalized spacial score (nSPS) is 17.0. The summed E-state index contributed by atoms with van der Waals surface area (Å²) in [4.78, 5) is 16.2. The van der Waals surface area contributed by atoms with Crippen molar-refractivity contribution in [3.05, 3.63) is 30.2 Å². The van der Waals surface area contributed by atoms with Crippen molar-refractivity contribution < 1.29 is 9.32 Å². The van der Waals surface area contributed by atoms with Crippen molar-refractivity contribution in [2.75, 3.05) is 11.9 Å². The minimum Gasteiger partial charge on any atom is -0.339 e. The van der Waals surface area contributed by atoms with Gasteiger partial charge in [0.05, 0.1) is 0 Å². The monoisotopic (exact) mass is 322 g/mol. The van der Waals surface area contributed by atoms with Gasteiger partial charge in [-0.25, -0.2) is 0 Å². The first-order valence-corrected chi connectivity index (χ1v) is 7.15. The predicted octanol–water partition coefficient (Wildman–Crippen LogP) is 2.55. The van der Waals surface area contributed by atoms with Gasteiger partial charge in [0.25, 0.3) is 0 Å². The predicted molar refractivity (Wildman–Crippen MR) is 86.0 cm³/mol. The maximum atomic E-state index is 12.0. The van der Waals surface area contributed by atoms with Gasteiger partial charge < -0.3 is 15.2 Å². The Morgan fingerprint density at radius 1 is 1.50 bits per heavy atom. The number of carbonyl (C=O) groups excluding carboxylic acids is 1. The molecule has 1 aliphatic rings. The zero-order chi connectivity index (χ0) is 14.7. The molecule has 1 aliphatic heterocycles. The molecule has 6 nitrogen and oxygen atoms in total. The second-order valence-electron chi connectivity index (χ2n) is 5.26. The molecule has 0 aliphatic carbocycles. The number of anilines is 1. The van der Waals surface area contributed by atoms with E-state index in [1.807, 2.05) is 24.3 Å². The number of hydrogen-bond acceptors (Lipinski definition) is 5. The summed E-state index contributed by atoms with van der Waals surface area (Å²) >= 11 is 0. The van der Waals surface area contributed by atoms with Crippen molar-refractivity contribution in [1.82, 2.24) is 15.5 Å². The number of hydrogen-bond donors (Lipinski definition) is 2. The third-order valence-corrected chi connectivity index (χ3v) is 3.53. The lowest BCUT2D eigenvalue weighted by Gasteiger charge is -2.10. The summed E-state index contributed by atoms with van der Waals surface area (Å²) in [5, 5.41) is 10.1. The van der Waals surface area contributed by atoms with E-state index >= 15 is 0 Å². The van der Waals surface area contributed by atoms with Gasteiger partial charge in [0.15, 0.2) is 0 Å². The summed E-state index contributed by atoms with van der Waals surface area (Å²) in [5.74, 6) is 1.07. The van der Waals surface area contributed by atoms with E-state index in [9.17, 15) is 4.79 Å². The van der Waals surface area contributed by atoms with Crippen molar-refractivity contribution in [2.24, 2.45) is 0 Å². The Hall–Kier alpha value is -1.92. The quantitative estimate of drug-likeness (QED) is 0.904. The lowest BCUT2D eigenvalue weighted by molar-refractivity contribution is -0.116. The zero-order valence-corrected chi connectivity index (χ0v) is 13.2. The maximum absolute atomic E-state index is 12.0. The van der Waals surface area contributed by atoms with Crippen molar-refractivity contribution in [3.8, 4) is 11.4 Å². The lowest BCUT2D eigenvalue weighted by atomic mass is 10.1. The fraction of sp³-hybridized carbons (Fsp3) is 0.400. The van der Waals surface area contributed by atoms with E-state index in [2.05, 4.69) is 20.8 Å². The Kier molecular flexibility index (Phi) is 5.51. The molecule has 1 unspecified atom stereocenters. The van der Waals surface area contributed by atoms with E-state index in [0.29, 0.717) is 24.2 Å². The van der Waals surface area contributed by atoms with Crippen LogP contribution in [0.2, 0.25) is 0 Å². The Balaban J connectivity index is 0.00000176. The molecule has 3 rings (SSSR count). The molecule has 0 spiro atoms. The molecule has 1 amide bonds. The average molecular weight is 323 g/mol. The number of amides is 1. The van der Waals surface area contributed by atoms with Gasteiger partial charge in [-0.3, -0.25) is 4.79 Å². The Morgan fingerprint density at radius 2 is 2.36 bits per heavy atom. The largest absolute Gasteiger partial charge is 0.339 e. The minimum atomic E-state index is 0. The van der Waals surface area contributed by atoms with E-state index in [4.69, 9.17) is 4.52 Å². The molecule has 2 N–H and O–H groups in total. The molecule has 1 aromatic heterocycles. The number of halogens is 1. The van der Waals surface area contributed by atoms with Crippen LogP contribution in [0.15, 0.2) is 28.8 Å². The van der Waals surface area contributed by atoms with Gasteiger partial charge in [0, 0.05) is 30.6 Å². The second kappa shape index (κ2) is 7.38. The van der Waals surface area contributed by atoms with Crippen LogP contribution < -0.4 is 10.6 Å². The zero-order valence-electron chi connectivity index (χ0n) is 12.3. The molecule has 1 fully saturated rings. The highest BCUT2D eigenvalue weighted by Gasteiger charge is 2.17. The van der Waals surface area contributed by atoms with Crippen LogP contribution in [0.4, 0.5) is 5.69 Å². The number of nitrogens with zero attached hydrogens (tertiary/aromatic N) is 2. The summed E-state index contributed by atoms with van der Waals surface area (Å²) in [5.41, 5.74) is 1.57.